The highest BCUT2D eigenvalue weighted by atomic mass is 127. The zero-order chi connectivity index (χ0) is 13.0. The van der Waals surface area contributed by atoms with Crippen LogP contribution in [0.4, 0.5) is 0 Å². The number of rotatable bonds is 3. The lowest BCUT2D eigenvalue weighted by Crippen LogP contribution is -2.41. The molecule has 1 aromatic heterocycles. The summed E-state index contributed by atoms with van der Waals surface area (Å²) in [4.78, 5) is 4.39. The van der Waals surface area contributed by atoms with Gasteiger partial charge in [0.2, 0.25) is 0 Å². The van der Waals surface area contributed by atoms with Gasteiger partial charge < -0.3 is 11.1 Å². The quantitative estimate of drug-likeness (QED) is 0.482. The molecule has 1 aliphatic rings. The lowest BCUT2D eigenvalue weighted by Gasteiger charge is -2.23. The minimum absolute atomic E-state index is 0. The Morgan fingerprint density at radius 1 is 1.47 bits per heavy atom. The van der Waals surface area contributed by atoms with Crippen LogP contribution < -0.4 is 11.1 Å². The van der Waals surface area contributed by atoms with Crippen LogP contribution in [0.15, 0.2) is 11.2 Å². The van der Waals surface area contributed by atoms with Gasteiger partial charge in [-0.15, -0.1) is 24.0 Å². The largest absolute Gasteiger partial charge is 0.370 e. The Kier molecular flexibility index (Phi) is 6.60. The number of nitrogens with two attached hydrogens (primary N) is 1. The summed E-state index contributed by atoms with van der Waals surface area (Å²) in [7, 11) is 1.94. The van der Waals surface area contributed by atoms with Gasteiger partial charge in [-0.3, -0.25) is 4.68 Å². The molecule has 0 saturated heterocycles. The van der Waals surface area contributed by atoms with E-state index in [0.717, 1.165) is 11.3 Å². The fourth-order valence-electron chi connectivity index (χ4n) is 2.37. The first-order valence-corrected chi connectivity index (χ1v) is 6.70. The molecule has 0 spiro atoms. The van der Waals surface area contributed by atoms with E-state index < -0.39 is 0 Å². The van der Waals surface area contributed by atoms with E-state index in [1.807, 2.05) is 24.9 Å². The summed E-state index contributed by atoms with van der Waals surface area (Å²) >= 11 is 0. The Balaban J connectivity index is 0.00000180. The minimum Gasteiger partial charge on any atom is -0.370 e. The number of guanidine groups is 1. The van der Waals surface area contributed by atoms with E-state index in [2.05, 4.69) is 15.4 Å². The minimum atomic E-state index is 0. The van der Waals surface area contributed by atoms with Crippen LogP contribution in [-0.2, 0) is 13.6 Å². The van der Waals surface area contributed by atoms with E-state index >= 15 is 0 Å². The molecular weight excluding hydrogens is 353 g/mol. The number of aryl methyl sites for hydroxylation is 1. The van der Waals surface area contributed by atoms with Crippen LogP contribution in [0.5, 0.6) is 0 Å². The van der Waals surface area contributed by atoms with Crippen molar-refractivity contribution in [1.82, 2.24) is 15.1 Å². The standard InChI is InChI=1S/C13H23N5.HI/c1-10-11(9-16-18(10)2)8-15-13(14)17-12-6-4-3-5-7-12;/h9,12H,3-8H2,1-2H3,(H3,14,15,17);1H. The summed E-state index contributed by atoms with van der Waals surface area (Å²) in [6.45, 7) is 2.65. The Hall–Kier alpha value is -0.790. The zero-order valence-corrected chi connectivity index (χ0v) is 14.1. The molecule has 1 saturated carbocycles. The predicted octanol–water partition coefficient (Wildman–Crippen LogP) is 2.08. The topological polar surface area (TPSA) is 68.2 Å². The highest BCUT2D eigenvalue weighted by Crippen LogP contribution is 2.17. The van der Waals surface area contributed by atoms with Crippen LogP contribution in [-0.4, -0.2) is 21.8 Å². The second-order valence-corrected chi connectivity index (χ2v) is 5.06. The third-order valence-corrected chi connectivity index (χ3v) is 3.71. The first kappa shape index (κ1) is 16.3. The van der Waals surface area contributed by atoms with Gasteiger partial charge in [-0.25, -0.2) is 4.99 Å². The molecule has 5 nitrogen and oxygen atoms in total. The second kappa shape index (κ2) is 7.72. The summed E-state index contributed by atoms with van der Waals surface area (Å²) in [5.41, 5.74) is 8.19. The molecule has 0 amide bonds. The normalized spacial score (nSPS) is 17.1. The van der Waals surface area contributed by atoms with Crippen LogP contribution >= 0.6 is 24.0 Å². The fourth-order valence-corrected chi connectivity index (χ4v) is 2.37. The predicted molar refractivity (Wildman–Crippen MR) is 88.7 cm³/mol. The van der Waals surface area contributed by atoms with Crippen molar-refractivity contribution < 1.29 is 0 Å². The molecule has 0 radical (unpaired) electrons. The third-order valence-electron chi connectivity index (χ3n) is 3.71. The van der Waals surface area contributed by atoms with Crippen molar-refractivity contribution in [3.8, 4) is 0 Å². The van der Waals surface area contributed by atoms with Crippen molar-refractivity contribution in [3.63, 3.8) is 0 Å². The molecule has 0 aliphatic heterocycles. The summed E-state index contributed by atoms with van der Waals surface area (Å²) < 4.78 is 1.86. The lowest BCUT2D eigenvalue weighted by atomic mass is 9.96. The van der Waals surface area contributed by atoms with E-state index in [4.69, 9.17) is 5.73 Å². The summed E-state index contributed by atoms with van der Waals surface area (Å²) in [5.74, 6) is 0.560. The van der Waals surface area contributed by atoms with Crippen molar-refractivity contribution in [2.45, 2.75) is 51.6 Å². The van der Waals surface area contributed by atoms with Crippen molar-refractivity contribution in [3.05, 3.63) is 17.5 Å². The maximum absolute atomic E-state index is 5.92. The molecule has 1 fully saturated rings. The van der Waals surface area contributed by atoms with Crippen molar-refractivity contribution in [1.29, 1.82) is 0 Å². The van der Waals surface area contributed by atoms with Crippen LogP contribution in [0.25, 0.3) is 0 Å². The molecule has 0 atom stereocenters. The summed E-state index contributed by atoms with van der Waals surface area (Å²) in [6, 6.07) is 0.512. The van der Waals surface area contributed by atoms with E-state index in [9.17, 15) is 0 Å². The van der Waals surface area contributed by atoms with Crippen LogP contribution in [0.2, 0.25) is 0 Å². The van der Waals surface area contributed by atoms with Gasteiger partial charge in [0.05, 0.1) is 12.7 Å². The highest BCUT2D eigenvalue weighted by molar-refractivity contribution is 14.0. The summed E-state index contributed by atoms with van der Waals surface area (Å²) in [6.07, 6.45) is 8.22. The molecule has 1 aliphatic carbocycles. The van der Waals surface area contributed by atoms with Gasteiger partial charge in [0.25, 0.3) is 0 Å². The van der Waals surface area contributed by atoms with E-state index in [0.29, 0.717) is 18.5 Å². The zero-order valence-electron chi connectivity index (χ0n) is 11.7. The lowest BCUT2D eigenvalue weighted by molar-refractivity contribution is 0.412. The molecule has 0 unspecified atom stereocenters. The number of nitrogens with one attached hydrogen (secondary N) is 1. The maximum atomic E-state index is 5.92. The van der Waals surface area contributed by atoms with Crippen molar-refractivity contribution >= 4 is 29.9 Å². The first-order valence-electron chi connectivity index (χ1n) is 6.70. The second-order valence-electron chi connectivity index (χ2n) is 5.06. The monoisotopic (exact) mass is 377 g/mol. The van der Waals surface area contributed by atoms with Gasteiger partial charge in [0.1, 0.15) is 0 Å². The average molecular weight is 377 g/mol. The molecule has 6 heteroatoms. The molecule has 1 aromatic rings. The van der Waals surface area contributed by atoms with E-state index in [1.165, 1.54) is 32.1 Å². The fraction of sp³-hybridized carbons (Fsp3) is 0.692. The van der Waals surface area contributed by atoms with Gasteiger partial charge in [-0.05, 0) is 19.8 Å². The highest BCUT2D eigenvalue weighted by Gasteiger charge is 2.13. The number of hydrogen-bond donors (Lipinski definition) is 2. The third kappa shape index (κ3) is 4.67. The number of hydrogen-bond acceptors (Lipinski definition) is 2. The Labute approximate surface area is 132 Å². The van der Waals surface area contributed by atoms with Gasteiger partial charge >= 0.3 is 0 Å². The van der Waals surface area contributed by atoms with Crippen LogP contribution in [0.1, 0.15) is 43.4 Å². The SMILES string of the molecule is Cc1c(CN=C(N)NC2CCCCC2)cnn1C.I. The van der Waals surface area contributed by atoms with Crippen molar-refractivity contribution in [2.75, 3.05) is 0 Å². The molecule has 1 heterocycles. The van der Waals surface area contributed by atoms with Crippen LogP contribution in [0, 0.1) is 6.92 Å². The molecule has 108 valence electrons. The van der Waals surface area contributed by atoms with E-state index in [1.54, 1.807) is 0 Å². The molecule has 19 heavy (non-hydrogen) atoms. The van der Waals surface area contributed by atoms with Gasteiger partial charge in [-0.1, -0.05) is 19.3 Å². The number of nitrogens with zero attached hydrogens (tertiary/aromatic N) is 3. The number of aromatic nitrogens is 2. The molecular formula is C13H24IN5. The van der Waals surface area contributed by atoms with Crippen molar-refractivity contribution in [2.24, 2.45) is 17.8 Å². The molecule has 0 aromatic carbocycles. The Morgan fingerprint density at radius 3 is 2.74 bits per heavy atom. The molecule has 0 bridgehead atoms. The Bertz CT molecular complexity index is 421. The van der Waals surface area contributed by atoms with Gasteiger partial charge in [0.15, 0.2) is 5.96 Å². The number of aliphatic imine (C=N–C) groups is 1. The summed E-state index contributed by atoms with van der Waals surface area (Å²) in [5, 5.41) is 7.51. The first-order chi connectivity index (χ1) is 8.66. The smallest absolute Gasteiger partial charge is 0.189 e. The number of halogens is 1. The average Bonchev–Trinajstić information content (AvgIpc) is 2.69. The molecule has 3 N–H and O–H groups in total. The maximum Gasteiger partial charge on any atom is 0.189 e. The van der Waals surface area contributed by atoms with Gasteiger partial charge in [0, 0.05) is 24.3 Å². The van der Waals surface area contributed by atoms with E-state index in [-0.39, 0.29) is 24.0 Å². The van der Waals surface area contributed by atoms with Gasteiger partial charge in [-0.2, -0.15) is 5.10 Å². The Morgan fingerprint density at radius 2 is 2.16 bits per heavy atom. The van der Waals surface area contributed by atoms with Crippen LogP contribution in [0.3, 0.4) is 0 Å². The molecule has 2 rings (SSSR count).